The normalized spacial score (nSPS) is 10.1. The van der Waals surface area contributed by atoms with Crippen molar-refractivity contribution >= 4 is 33.8 Å². The topological polar surface area (TPSA) is 82.0 Å². The lowest BCUT2D eigenvalue weighted by Crippen LogP contribution is -2.40. The second-order valence-electron chi connectivity index (χ2n) is 4.49. The molecule has 0 saturated carbocycles. The monoisotopic (exact) mass is 369 g/mol. The van der Waals surface area contributed by atoms with Crippen molar-refractivity contribution < 1.29 is 9.59 Å². The number of hydrogen-bond donors (Lipinski definition) is 2. The van der Waals surface area contributed by atoms with Crippen LogP contribution in [0.25, 0.3) is 6.08 Å². The number of carbonyl (C=O) groups excluding carboxylic acids is 2. The Balaban J connectivity index is 1.89. The van der Waals surface area contributed by atoms with Crippen LogP contribution < -0.4 is 10.9 Å². The van der Waals surface area contributed by atoms with Crippen molar-refractivity contribution in [2.45, 2.75) is 0 Å². The molecule has 2 aromatic carbocycles. The summed E-state index contributed by atoms with van der Waals surface area (Å²) in [6.45, 7) is 0. The molecule has 114 valence electrons. The number of rotatable bonds is 3. The third-order valence-corrected chi connectivity index (χ3v) is 3.58. The Morgan fingerprint density at radius 3 is 2.39 bits per heavy atom. The van der Waals surface area contributed by atoms with E-state index in [4.69, 9.17) is 5.26 Å². The summed E-state index contributed by atoms with van der Waals surface area (Å²) in [5, 5.41) is 8.71. The van der Waals surface area contributed by atoms with Crippen LogP contribution in [0.4, 0.5) is 0 Å². The zero-order valence-electron chi connectivity index (χ0n) is 11.9. The van der Waals surface area contributed by atoms with Gasteiger partial charge in [-0.15, -0.1) is 0 Å². The van der Waals surface area contributed by atoms with Crippen LogP contribution in [-0.2, 0) is 4.79 Å². The maximum absolute atomic E-state index is 11.9. The van der Waals surface area contributed by atoms with Gasteiger partial charge in [0.15, 0.2) is 0 Å². The van der Waals surface area contributed by atoms with Gasteiger partial charge in [0, 0.05) is 10.5 Å². The molecule has 0 fully saturated rings. The van der Waals surface area contributed by atoms with E-state index in [-0.39, 0.29) is 0 Å². The maximum atomic E-state index is 11.9. The first-order valence-corrected chi connectivity index (χ1v) is 7.42. The van der Waals surface area contributed by atoms with Gasteiger partial charge in [0.2, 0.25) is 0 Å². The van der Waals surface area contributed by atoms with E-state index in [1.54, 1.807) is 54.6 Å². The first-order valence-electron chi connectivity index (χ1n) is 6.63. The van der Waals surface area contributed by atoms with E-state index in [0.29, 0.717) is 15.6 Å². The molecule has 0 radical (unpaired) electrons. The predicted molar refractivity (Wildman–Crippen MR) is 89.9 cm³/mol. The third-order valence-electron chi connectivity index (χ3n) is 2.88. The van der Waals surface area contributed by atoms with Gasteiger partial charge >= 0.3 is 0 Å². The summed E-state index contributed by atoms with van der Waals surface area (Å²) in [7, 11) is 0. The number of nitrogens with one attached hydrogen (secondary N) is 2. The first-order chi connectivity index (χ1) is 11.1. The molecule has 0 bridgehead atoms. The van der Waals surface area contributed by atoms with Crippen molar-refractivity contribution in [1.29, 1.82) is 5.26 Å². The number of halogens is 1. The Bertz CT molecular complexity index is 792. The first kappa shape index (κ1) is 16.5. The minimum Gasteiger partial charge on any atom is -0.268 e. The Labute approximate surface area is 141 Å². The van der Waals surface area contributed by atoms with Crippen molar-refractivity contribution in [1.82, 2.24) is 10.9 Å². The summed E-state index contributed by atoms with van der Waals surface area (Å²) in [5.74, 6) is -0.882. The van der Waals surface area contributed by atoms with E-state index in [9.17, 15) is 9.59 Å². The largest absolute Gasteiger partial charge is 0.270 e. The van der Waals surface area contributed by atoms with E-state index >= 15 is 0 Å². The SMILES string of the molecule is N#Cc1ccc(/C=C/C(=O)NNC(=O)c2ccccc2Br)cc1. The standard InChI is InChI=1S/C17H12BrN3O2/c18-15-4-2-1-3-14(15)17(23)21-20-16(22)10-9-12-5-7-13(11-19)8-6-12/h1-10H,(H,20,22)(H,21,23)/b10-9+. The van der Waals surface area contributed by atoms with Crippen LogP contribution in [0.5, 0.6) is 0 Å². The maximum Gasteiger partial charge on any atom is 0.270 e. The molecule has 6 heteroatoms. The zero-order chi connectivity index (χ0) is 16.7. The summed E-state index contributed by atoms with van der Waals surface area (Å²) in [5.41, 5.74) is 6.38. The molecule has 5 nitrogen and oxygen atoms in total. The molecule has 2 amide bonds. The van der Waals surface area contributed by atoms with Crippen molar-refractivity contribution in [2.75, 3.05) is 0 Å². The zero-order valence-corrected chi connectivity index (χ0v) is 13.5. The number of nitriles is 1. The Morgan fingerprint density at radius 2 is 1.74 bits per heavy atom. The van der Waals surface area contributed by atoms with Gasteiger partial charge in [-0.3, -0.25) is 20.4 Å². The van der Waals surface area contributed by atoms with Crippen molar-refractivity contribution in [2.24, 2.45) is 0 Å². The molecule has 2 rings (SSSR count). The highest BCUT2D eigenvalue weighted by Gasteiger charge is 2.08. The number of hydrazine groups is 1. The van der Waals surface area contributed by atoms with E-state index < -0.39 is 11.8 Å². The Morgan fingerprint density at radius 1 is 1.04 bits per heavy atom. The lowest BCUT2D eigenvalue weighted by atomic mass is 10.1. The summed E-state index contributed by atoms with van der Waals surface area (Å²) in [4.78, 5) is 23.6. The van der Waals surface area contributed by atoms with E-state index in [2.05, 4.69) is 26.8 Å². The van der Waals surface area contributed by atoms with Gasteiger partial charge in [0.1, 0.15) is 0 Å². The molecular weight excluding hydrogens is 358 g/mol. The lowest BCUT2D eigenvalue weighted by molar-refractivity contribution is -0.117. The molecule has 0 unspecified atom stereocenters. The van der Waals surface area contributed by atoms with Gasteiger partial charge in [0.25, 0.3) is 11.8 Å². The van der Waals surface area contributed by atoms with Crippen LogP contribution in [0.15, 0.2) is 59.1 Å². The summed E-state index contributed by atoms with van der Waals surface area (Å²) in [6, 6.07) is 15.7. The van der Waals surface area contributed by atoms with Gasteiger partial charge < -0.3 is 0 Å². The van der Waals surface area contributed by atoms with Crippen LogP contribution in [0, 0.1) is 11.3 Å². The highest BCUT2D eigenvalue weighted by Crippen LogP contribution is 2.15. The van der Waals surface area contributed by atoms with E-state index in [1.807, 2.05) is 6.07 Å². The highest BCUT2D eigenvalue weighted by atomic mass is 79.9. The molecule has 0 aliphatic heterocycles. The lowest BCUT2D eigenvalue weighted by Gasteiger charge is -2.06. The molecule has 2 aromatic rings. The molecule has 0 saturated heterocycles. The fraction of sp³-hybridized carbons (Fsp3) is 0. The summed E-state index contributed by atoms with van der Waals surface area (Å²) < 4.78 is 0.639. The molecular formula is C17H12BrN3O2. The molecule has 0 atom stereocenters. The molecule has 0 aliphatic rings. The van der Waals surface area contributed by atoms with E-state index in [1.165, 1.54) is 6.08 Å². The van der Waals surface area contributed by atoms with Crippen LogP contribution >= 0.6 is 15.9 Å². The molecule has 23 heavy (non-hydrogen) atoms. The van der Waals surface area contributed by atoms with Gasteiger partial charge in [0.05, 0.1) is 17.2 Å². The average Bonchev–Trinajstić information content (AvgIpc) is 2.58. The average molecular weight is 370 g/mol. The van der Waals surface area contributed by atoms with Crippen LogP contribution in [0.1, 0.15) is 21.5 Å². The van der Waals surface area contributed by atoms with Crippen molar-refractivity contribution in [3.8, 4) is 6.07 Å². The van der Waals surface area contributed by atoms with Gasteiger partial charge in [-0.1, -0.05) is 24.3 Å². The van der Waals surface area contributed by atoms with Crippen LogP contribution in [0.3, 0.4) is 0 Å². The van der Waals surface area contributed by atoms with Gasteiger partial charge in [-0.25, -0.2) is 0 Å². The fourth-order valence-electron chi connectivity index (χ4n) is 1.71. The van der Waals surface area contributed by atoms with E-state index in [0.717, 1.165) is 5.56 Å². The van der Waals surface area contributed by atoms with Crippen molar-refractivity contribution in [3.63, 3.8) is 0 Å². The second-order valence-corrected chi connectivity index (χ2v) is 5.34. The molecule has 0 aromatic heterocycles. The third kappa shape index (κ3) is 4.80. The Kier molecular flexibility index (Phi) is 5.67. The smallest absolute Gasteiger partial charge is 0.268 e. The predicted octanol–water partition coefficient (Wildman–Crippen LogP) is 2.80. The molecule has 0 aliphatic carbocycles. The summed E-state index contributed by atoms with van der Waals surface area (Å²) >= 11 is 3.27. The number of nitrogens with zero attached hydrogens (tertiary/aromatic N) is 1. The molecule has 0 heterocycles. The number of amides is 2. The summed E-state index contributed by atoms with van der Waals surface area (Å²) in [6.07, 6.45) is 2.88. The minimum atomic E-state index is -0.463. The van der Waals surface area contributed by atoms with Gasteiger partial charge in [-0.2, -0.15) is 5.26 Å². The Hall–Kier alpha value is -2.91. The number of benzene rings is 2. The number of hydrogen-bond acceptors (Lipinski definition) is 3. The van der Waals surface area contributed by atoms with Gasteiger partial charge in [-0.05, 0) is 51.8 Å². The number of carbonyl (C=O) groups is 2. The minimum absolute atomic E-state index is 0.419. The quantitative estimate of drug-likeness (QED) is 0.644. The molecule has 2 N–H and O–H groups in total. The van der Waals surface area contributed by atoms with Crippen molar-refractivity contribution in [3.05, 3.63) is 75.8 Å². The second kappa shape index (κ2) is 7.92. The fourth-order valence-corrected chi connectivity index (χ4v) is 2.18. The van der Waals surface area contributed by atoms with Crippen LogP contribution in [0.2, 0.25) is 0 Å². The van der Waals surface area contributed by atoms with Crippen LogP contribution in [-0.4, -0.2) is 11.8 Å². The highest BCUT2D eigenvalue weighted by molar-refractivity contribution is 9.10. The molecule has 0 spiro atoms.